The van der Waals surface area contributed by atoms with Crippen LogP contribution in [0.15, 0.2) is 42.6 Å². The molecule has 1 saturated heterocycles. The van der Waals surface area contributed by atoms with Crippen LogP contribution in [0.1, 0.15) is 5.69 Å². The van der Waals surface area contributed by atoms with Crippen molar-refractivity contribution in [1.82, 2.24) is 9.88 Å². The highest BCUT2D eigenvalue weighted by molar-refractivity contribution is 5.51. The Morgan fingerprint density at radius 3 is 2.65 bits per heavy atom. The Kier molecular flexibility index (Phi) is 5.08. The molecule has 4 nitrogen and oxygen atoms in total. The van der Waals surface area contributed by atoms with Gasteiger partial charge in [0.2, 0.25) is 0 Å². The number of piperazine rings is 1. The Labute approximate surface area is 136 Å². The molecule has 2 aromatic rings. The quantitative estimate of drug-likeness (QED) is 0.848. The molecule has 23 heavy (non-hydrogen) atoms. The Balaban J connectivity index is 1.52. The zero-order valence-corrected chi connectivity index (χ0v) is 13.4. The third kappa shape index (κ3) is 3.99. The van der Waals surface area contributed by atoms with Crippen LogP contribution in [0.2, 0.25) is 0 Å². The van der Waals surface area contributed by atoms with Crippen LogP contribution in [0.3, 0.4) is 0 Å². The predicted molar refractivity (Wildman–Crippen MR) is 89.5 cm³/mol. The summed E-state index contributed by atoms with van der Waals surface area (Å²) >= 11 is 0. The van der Waals surface area contributed by atoms with E-state index in [1.807, 2.05) is 24.4 Å². The summed E-state index contributed by atoms with van der Waals surface area (Å²) in [5.41, 5.74) is 2.16. The summed E-state index contributed by atoms with van der Waals surface area (Å²) in [4.78, 5) is 9.09. The lowest BCUT2D eigenvalue weighted by Crippen LogP contribution is -2.47. The molecule has 1 aromatic carbocycles. The first kappa shape index (κ1) is 15.7. The Bertz CT molecular complexity index is 627. The van der Waals surface area contributed by atoms with Crippen LogP contribution < -0.4 is 9.64 Å². The van der Waals surface area contributed by atoms with E-state index < -0.39 is 0 Å². The highest BCUT2D eigenvalue weighted by Gasteiger charge is 2.18. The van der Waals surface area contributed by atoms with Gasteiger partial charge in [0.05, 0.1) is 7.11 Å². The third-order valence-corrected chi connectivity index (χ3v) is 4.28. The average Bonchev–Trinajstić information content (AvgIpc) is 2.62. The minimum atomic E-state index is -0.315. The molecule has 0 N–H and O–H groups in total. The number of anilines is 1. The second-order valence-corrected chi connectivity index (χ2v) is 5.72. The first-order valence-electron chi connectivity index (χ1n) is 7.97. The van der Waals surface area contributed by atoms with Gasteiger partial charge in [0.1, 0.15) is 0 Å². The second-order valence-electron chi connectivity index (χ2n) is 5.72. The first-order valence-corrected chi connectivity index (χ1v) is 7.97. The van der Waals surface area contributed by atoms with E-state index in [1.54, 1.807) is 6.07 Å². The van der Waals surface area contributed by atoms with E-state index in [-0.39, 0.29) is 5.82 Å². The van der Waals surface area contributed by atoms with Gasteiger partial charge >= 0.3 is 0 Å². The van der Waals surface area contributed by atoms with Crippen molar-refractivity contribution in [1.29, 1.82) is 0 Å². The molecule has 1 aromatic heterocycles. The van der Waals surface area contributed by atoms with E-state index in [1.165, 1.54) is 13.2 Å². The number of pyridine rings is 1. The monoisotopic (exact) mass is 315 g/mol. The maximum Gasteiger partial charge on any atom is 0.165 e. The number of ether oxygens (including phenoxy) is 1. The van der Waals surface area contributed by atoms with Gasteiger partial charge in [-0.1, -0.05) is 6.07 Å². The summed E-state index contributed by atoms with van der Waals surface area (Å²) < 4.78 is 18.6. The van der Waals surface area contributed by atoms with Crippen LogP contribution >= 0.6 is 0 Å². The molecule has 3 rings (SSSR count). The number of methoxy groups -OCH3 is 1. The molecular formula is C18H22FN3O. The van der Waals surface area contributed by atoms with E-state index >= 15 is 0 Å². The summed E-state index contributed by atoms with van der Waals surface area (Å²) in [6.45, 7) is 4.92. The maximum absolute atomic E-state index is 13.5. The second kappa shape index (κ2) is 7.42. The summed E-state index contributed by atoms with van der Waals surface area (Å²) in [6, 6.07) is 11.1. The summed E-state index contributed by atoms with van der Waals surface area (Å²) in [5.74, 6) is -0.00895. The lowest BCUT2D eigenvalue weighted by atomic mass is 10.2. The molecule has 5 heteroatoms. The lowest BCUT2D eigenvalue weighted by Gasteiger charge is -2.36. The van der Waals surface area contributed by atoms with Gasteiger partial charge in [0, 0.05) is 62.8 Å². The summed E-state index contributed by atoms with van der Waals surface area (Å²) in [7, 11) is 1.50. The fourth-order valence-electron chi connectivity index (χ4n) is 2.89. The molecule has 122 valence electrons. The van der Waals surface area contributed by atoms with Crippen LogP contribution in [0.4, 0.5) is 10.1 Å². The zero-order valence-electron chi connectivity index (χ0n) is 13.4. The minimum Gasteiger partial charge on any atom is -0.494 e. The molecule has 1 fully saturated rings. The normalized spacial score (nSPS) is 15.7. The highest BCUT2D eigenvalue weighted by atomic mass is 19.1. The largest absolute Gasteiger partial charge is 0.494 e. The van der Waals surface area contributed by atoms with E-state index in [9.17, 15) is 4.39 Å². The maximum atomic E-state index is 13.5. The molecule has 0 aliphatic carbocycles. The molecule has 0 radical (unpaired) electrons. The average molecular weight is 315 g/mol. The van der Waals surface area contributed by atoms with Crippen LogP contribution in [0.5, 0.6) is 5.75 Å². The van der Waals surface area contributed by atoms with Crippen molar-refractivity contribution in [3.8, 4) is 5.75 Å². The molecular weight excluding hydrogens is 293 g/mol. The molecule has 0 unspecified atom stereocenters. The lowest BCUT2D eigenvalue weighted by molar-refractivity contribution is 0.260. The number of aromatic nitrogens is 1. The number of rotatable bonds is 5. The summed E-state index contributed by atoms with van der Waals surface area (Å²) in [6.07, 6.45) is 2.82. The van der Waals surface area contributed by atoms with Gasteiger partial charge in [-0.05, 0) is 24.3 Å². The molecule has 1 aliphatic heterocycles. The number of hydrogen-bond donors (Lipinski definition) is 0. The number of halogens is 1. The standard InChI is InChI=1S/C18H22FN3O/c1-23-18-14-16(5-6-17(18)19)22-12-10-21(11-13-22)9-7-15-4-2-3-8-20-15/h2-6,8,14H,7,9-13H2,1H3. The van der Waals surface area contributed by atoms with Crippen molar-refractivity contribution < 1.29 is 9.13 Å². The number of nitrogens with zero attached hydrogens (tertiary/aromatic N) is 3. The summed E-state index contributed by atoms with van der Waals surface area (Å²) in [5, 5.41) is 0. The van der Waals surface area contributed by atoms with Gasteiger partial charge in [-0.2, -0.15) is 0 Å². The Morgan fingerprint density at radius 2 is 1.96 bits per heavy atom. The predicted octanol–water partition coefficient (Wildman–Crippen LogP) is 2.59. The van der Waals surface area contributed by atoms with E-state index in [4.69, 9.17) is 4.74 Å². The van der Waals surface area contributed by atoms with Crippen molar-refractivity contribution in [3.05, 3.63) is 54.1 Å². The minimum absolute atomic E-state index is 0.306. The molecule has 0 amide bonds. The van der Waals surface area contributed by atoms with Gasteiger partial charge in [0.25, 0.3) is 0 Å². The molecule has 1 aliphatic rings. The van der Waals surface area contributed by atoms with E-state index in [0.717, 1.165) is 50.5 Å². The van der Waals surface area contributed by atoms with Crippen molar-refractivity contribution in [3.63, 3.8) is 0 Å². The van der Waals surface area contributed by atoms with E-state index in [2.05, 4.69) is 20.9 Å². The molecule has 0 saturated carbocycles. The van der Waals surface area contributed by atoms with Gasteiger partial charge in [-0.3, -0.25) is 9.88 Å². The van der Waals surface area contributed by atoms with Crippen molar-refractivity contribution in [2.24, 2.45) is 0 Å². The van der Waals surface area contributed by atoms with Crippen LogP contribution in [0, 0.1) is 5.82 Å². The van der Waals surface area contributed by atoms with E-state index in [0.29, 0.717) is 5.75 Å². The van der Waals surface area contributed by atoms with Crippen LogP contribution in [-0.2, 0) is 6.42 Å². The topological polar surface area (TPSA) is 28.6 Å². The van der Waals surface area contributed by atoms with Crippen molar-refractivity contribution in [2.45, 2.75) is 6.42 Å². The van der Waals surface area contributed by atoms with Crippen molar-refractivity contribution >= 4 is 5.69 Å². The fourth-order valence-corrected chi connectivity index (χ4v) is 2.89. The molecule has 0 spiro atoms. The molecule has 0 atom stereocenters. The van der Waals surface area contributed by atoms with Gasteiger partial charge in [0.15, 0.2) is 11.6 Å². The van der Waals surface area contributed by atoms with Crippen LogP contribution in [0.25, 0.3) is 0 Å². The smallest absolute Gasteiger partial charge is 0.165 e. The Morgan fingerprint density at radius 1 is 1.13 bits per heavy atom. The molecule has 2 heterocycles. The Hall–Kier alpha value is -2.14. The van der Waals surface area contributed by atoms with Crippen LogP contribution in [-0.4, -0.2) is 49.7 Å². The third-order valence-electron chi connectivity index (χ3n) is 4.28. The first-order chi connectivity index (χ1) is 11.3. The fraction of sp³-hybridized carbons (Fsp3) is 0.389. The highest BCUT2D eigenvalue weighted by Crippen LogP contribution is 2.25. The zero-order chi connectivity index (χ0) is 16.1. The SMILES string of the molecule is COc1cc(N2CCN(CCc3ccccn3)CC2)ccc1F. The number of benzene rings is 1. The van der Waals surface area contributed by atoms with Gasteiger partial charge in [-0.15, -0.1) is 0 Å². The van der Waals surface area contributed by atoms with Gasteiger partial charge in [-0.25, -0.2) is 4.39 Å². The van der Waals surface area contributed by atoms with Gasteiger partial charge < -0.3 is 9.64 Å². The number of hydrogen-bond acceptors (Lipinski definition) is 4. The van der Waals surface area contributed by atoms with Crippen molar-refractivity contribution in [2.75, 3.05) is 44.7 Å². The molecule has 0 bridgehead atoms.